The number of unbranched alkanes of at least 4 members (excludes halogenated alkanes) is 2. The van der Waals surface area contributed by atoms with E-state index in [-0.39, 0.29) is 30.5 Å². The number of rotatable bonds is 11. The molecule has 1 fully saturated rings. The second-order valence-corrected chi connectivity index (χ2v) is 6.53. The number of allylic oxidation sites excluding steroid dienone is 1. The number of nitrogens with zero attached hydrogens (tertiary/aromatic N) is 1. The highest BCUT2D eigenvalue weighted by Crippen LogP contribution is 2.28. The molecule has 1 aliphatic carbocycles. The van der Waals surface area contributed by atoms with Gasteiger partial charge in [0.1, 0.15) is 0 Å². The maximum absolute atomic E-state index is 12.1. The number of ketones is 1. The minimum absolute atomic E-state index is 0. The van der Waals surface area contributed by atoms with Crippen LogP contribution in [0.2, 0.25) is 0 Å². The number of carbonyl (C=O) groups is 2. The number of hydrogen-bond acceptors (Lipinski definition) is 5. The summed E-state index contributed by atoms with van der Waals surface area (Å²) in [5.41, 5.74) is 0.655. The van der Waals surface area contributed by atoms with Gasteiger partial charge in [-0.25, -0.2) is 0 Å². The number of aliphatic carboxylic acids is 1. The van der Waals surface area contributed by atoms with Crippen molar-refractivity contribution in [3.63, 3.8) is 0 Å². The van der Waals surface area contributed by atoms with E-state index in [9.17, 15) is 9.59 Å². The van der Waals surface area contributed by atoms with Crippen molar-refractivity contribution in [2.45, 2.75) is 51.4 Å². The van der Waals surface area contributed by atoms with Crippen LogP contribution in [0, 0.1) is 5.92 Å². The topological polar surface area (TPSA) is 85.7 Å². The first-order valence-corrected chi connectivity index (χ1v) is 9.20. The lowest BCUT2D eigenvalue weighted by molar-refractivity contribution is -0.137. The second-order valence-electron chi connectivity index (χ2n) is 6.53. The van der Waals surface area contributed by atoms with E-state index < -0.39 is 5.97 Å². The van der Waals surface area contributed by atoms with Crippen molar-refractivity contribution in [2.24, 2.45) is 5.92 Å². The third-order valence-corrected chi connectivity index (χ3v) is 4.54. The number of carboxylic acid groups (broad SMARTS) is 1. The molecule has 150 valence electrons. The Morgan fingerprint density at radius 2 is 1.96 bits per heavy atom. The van der Waals surface area contributed by atoms with E-state index in [1.54, 1.807) is 31.5 Å². The molecule has 0 saturated heterocycles. The summed E-state index contributed by atoms with van der Waals surface area (Å²) in [4.78, 5) is 26.9. The van der Waals surface area contributed by atoms with Crippen molar-refractivity contribution in [1.29, 1.82) is 0 Å². The van der Waals surface area contributed by atoms with Crippen molar-refractivity contribution in [2.75, 3.05) is 13.7 Å². The van der Waals surface area contributed by atoms with Gasteiger partial charge in [-0.15, -0.1) is 12.4 Å². The summed E-state index contributed by atoms with van der Waals surface area (Å²) in [6.45, 7) is 0.479. The van der Waals surface area contributed by atoms with Crippen molar-refractivity contribution >= 4 is 30.2 Å². The summed E-state index contributed by atoms with van der Waals surface area (Å²) in [5, 5.41) is 8.60. The Labute approximate surface area is 166 Å². The Bertz CT molecular complexity index is 641. The molecule has 6 nitrogen and oxygen atoms in total. The molecule has 0 bridgehead atoms. The largest absolute Gasteiger partial charge is 0.493 e. The lowest BCUT2D eigenvalue weighted by Gasteiger charge is -2.10. The van der Waals surface area contributed by atoms with E-state index in [2.05, 4.69) is 4.98 Å². The van der Waals surface area contributed by atoms with Gasteiger partial charge < -0.3 is 14.6 Å². The molecule has 0 atom stereocenters. The lowest BCUT2D eigenvalue weighted by Crippen LogP contribution is -2.06. The van der Waals surface area contributed by atoms with Crippen molar-refractivity contribution in [3.8, 4) is 11.5 Å². The SMILES string of the molecule is COc1cc(/C=C/C(=O)C2CCCC2)ncc1OCCCCCC(=O)O.Cl. The van der Waals surface area contributed by atoms with Gasteiger partial charge in [-0.2, -0.15) is 0 Å². The van der Waals surface area contributed by atoms with Crippen LogP contribution in [0.25, 0.3) is 6.08 Å². The highest BCUT2D eigenvalue weighted by atomic mass is 35.5. The van der Waals surface area contributed by atoms with Crippen LogP contribution in [-0.4, -0.2) is 35.6 Å². The van der Waals surface area contributed by atoms with Crippen LogP contribution in [0.4, 0.5) is 0 Å². The number of pyridine rings is 1. The normalized spacial score (nSPS) is 14.1. The first-order valence-electron chi connectivity index (χ1n) is 9.20. The number of halogens is 1. The van der Waals surface area contributed by atoms with Gasteiger partial charge in [-0.1, -0.05) is 12.8 Å². The molecule has 1 aliphatic rings. The van der Waals surface area contributed by atoms with Crippen molar-refractivity contribution < 1.29 is 24.2 Å². The number of ether oxygens (including phenoxy) is 2. The summed E-state index contributed by atoms with van der Waals surface area (Å²) in [6, 6.07) is 1.75. The van der Waals surface area contributed by atoms with Gasteiger partial charge in [0.15, 0.2) is 17.3 Å². The first-order chi connectivity index (χ1) is 12.6. The fourth-order valence-corrected chi connectivity index (χ4v) is 3.05. The Hall–Kier alpha value is -2.08. The van der Waals surface area contributed by atoms with Gasteiger partial charge in [0.25, 0.3) is 0 Å². The molecule has 2 rings (SSSR count). The zero-order valence-corrected chi connectivity index (χ0v) is 16.5. The maximum Gasteiger partial charge on any atom is 0.303 e. The molecule has 27 heavy (non-hydrogen) atoms. The number of carbonyl (C=O) groups excluding carboxylic acids is 1. The van der Waals surface area contributed by atoms with E-state index in [1.807, 2.05) is 0 Å². The molecule has 0 unspecified atom stereocenters. The first kappa shape index (κ1) is 23.0. The Balaban J connectivity index is 0.00000364. The van der Waals surface area contributed by atoms with E-state index >= 15 is 0 Å². The van der Waals surface area contributed by atoms with Crippen molar-refractivity contribution in [1.82, 2.24) is 4.98 Å². The van der Waals surface area contributed by atoms with E-state index in [1.165, 1.54) is 0 Å². The number of hydrogen-bond donors (Lipinski definition) is 1. The van der Waals surface area contributed by atoms with Crippen LogP contribution >= 0.6 is 12.4 Å². The van der Waals surface area contributed by atoms with Crippen LogP contribution in [0.1, 0.15) is 57.1 Å². The monoisotopic (exact) mass is 397 g/mol. The third-order valence-electron chi connectivity index (χ3n) is 4.54. The van der Waals surface area contributed by atoms with E-state index in [0.29, 0.717) is 30.2 Å². The lowest BCUT2D eigenvalue weighted by atomic mass is 10.0. The average molecular weight is 398 g/mol. The summed E-state index contributed by atoms with van der Waals surface area (Å²) in [7, 11) is 1.56. The summed E-state index contributed by atoms with van der Waals surface area (Å²) in [5.74, 6) is 0.678. The van der Waals surface area contributed by atoms with E-state index in [4.69, 9.17) is 14.6 Å². The highest BCUT2D eigenvalue weighted by Gasteiger charge is 2.20. The zero-order chi connectivity index (χ0) is 18.8. The second kappa shape index (κ2) is 12.3. The smallest absolute Gasteiger partial charge is 0.303 e. The maximum atomic E-state index is 12.1. The van der Waals surface area contributed by atoms with Gasteiger partial charge in [0.05, 0.1) is 25.6 Å². The minimum atomic E-state index is -0.771. The predicted octanol–water partition coefficient (Wildman–Crippen LogP) is 4.31. The van der Waals surface area contributed by atoms with Crippen molar-refractivity contribution in [3.05, 3.63) is 24.0 Å². The Kier molecular flexibility index (Phi) is 10.5. The molecule has 0 aromatic carbocycles. The summed E-state index contributed by atoms with van der Waals surface area (Å²) >= 11 is 0. The summed E-state index contributed by atoms with van der Waals surface area (Å²) < 4.78 is 11.0. The minimum Gasteiger partial charge on any atom is -0.493 e. The van der Waals surface area contributed by atoms with Crippen LogP contribution in [0.5, 0.6) is 11.5 Å². The summed E-state index contributed by atoms with van der Waals surface area (Å²) in [6.07, 6.45) is 11.6. The van der Waals surface area contributed by atoms with Crippen LogP contribution in [0.3, 0.4) is 0 Å². The molecule has 7 heteroatoms. The number of carboxylic acids is 1. The molecule has 1 aromatic heterocycles. The quantitative estimate of drug-likeness (QED) is 0.442. The average Bonchev–Trinajstić information content (AvgIpc) is 3.17. The van der Waals surface area contributed by atoms with Crippen LogP contribution in [0.15, 0.2) is 18.3 Å². The molecule has 1 aromatic rings. The molecule has 1 heterocycles. The molecule has 0 amide bonds. The number of aromatic nitrogens is 1. The van der Waals surface area contributed by atoms with Gasteiger partial charge in [-0.05, 0) is 44.3 Å². The molecule has 0 aliphatic heterocycles. The van der Waals surface area contributed by atoms with Gasteiger partial charge >= 0.3 is 5.97 Å². The fraction of sp³-hybridized carbons (Fsp3) is 0.550. The van der Waals surface area contributed by atoms with Crippen LogP contribution < -0.4 is 9.47 Å². The zero-order valence-electron chi connectivity index (χ0n) is 15.7. The van der Waals surface area contributed by atoms with Crippen LogP contribution in [-0.2, 0) is 9.59 Å². The Morgan fingerprint density at radius 1 is 1.22 bits per heavy atom. The standard InChI is InChI=1S/C20H27NO5.ClH/c1-25-18-13-16(10-11-17(22)15-7-4-5-8-15)21-14-19(18)26-12-6-2-3-9-20(23)24;/h10-11,13-15H,2-9,12H2,1H3,(H,23,24);1H/b11-10+;. The molecule has 0 spiro atoms. The van der Waals surface area contributed by atoms with Gasteiger partial charge in [0, 0.05) is 18.4 Å². The molecular formula is C20H28ClNO5. The molecule has 0 radical (unpaired) electrons. The third kappa shape index (κ3) is 7.99. The Morgan fingerprint density at radius 3 is 2.63 bits per heavy atom. The molecular weight excluding hydrogens is 370 g/mol. The van der Waals surface area contributed by atoms with Gasteiger partial charge in [-0.3, -0.25) is 14.6 Å². The molecule has 1 saturated carbocycles. The number of methoxy groups -OCH3 is 1. The van der Waals surface area contributed by atoms with Gasteiger partial charge in [0.2, 0.25) is 0 Å². The predicted molar refractivity (Wildman–Crippen MR) is 106 cm³/mol. The fourth-order valence-electron chi connectivity index (χ4n) is 3.05. The highest BCUT2D eigenvalue weighted by molar-refractivity contribution is 5.95. The van der Waals surface area contributed by atoms with E-state index in [0.717, 1.165) is 38.5 Å². The molecule has 1 N–H and O–H groups in total.